The number of aromatic hydroxyl groups is 1. The van der Waals surface area contributed by atoms with Crippen molar-refractivity contribution in [2.45, 2.75) is 25.8 Å². The molecule has 0 aliphatic heterocycles. The van der Waals surface area contributed by atoms with Gasteiger partial charge in [0, 0.05) is 43.9 Å². The number of phenols is 1. The van der Waals surface area contributed by atoms with Gasteiger partial charge < -0.3 is 30.9 Å². The first-order valence-corrected chi connectivity index (χ1v) is 10.9. The Morgan fingerprint density at radius 2 is 1.79 bits per heavy atom. The van der Waals surface area contributed by atoms with E-state index in [2.05, 4.69) is 0 Å². The minimum atomic E-state index is -1.11. The van der Waals surface area contributed by atoms with Crippen molar-refractivity contribution in [3.8, 4) is 5.75 Å². The molecule has 0 saturated carbocycles. The number of aliphatic hydroxyl groups is 2. The van der Waals surface area contributed by atoms with Crippen molar-refractivity contribution in [3.63, 3.8) is 0 Å². The number of ketones is 2. The highest BCUT2D eigenvalue weighted by Gasteiger charge is 2.50. The molecule has 0 heterocycles. The van der Waals surface area contributed by atoms with E-state index in [0.717, 1.165) is 5.69 Å². The van der Waals surface area contributed by atoms with Gasteiger partial charge in [-0.15, -0.1) is 0 Å². The highest BCUT2D eigenvalue weighted by Crippen LogP contribution is 2.51. The van der Waals surface area contributed by atoms with Crippen LogP contribution in [0.25, 0.3) is 0 Å². The maximum atomic E-state index is 13.7. The van der Waals surface area contributed by atoms with Gasteiger partial charge in [-0.2, -0.15) is 0 Å². The predicted octanol–water partition coefficient (Wildman–Crippen LogP) is 1.59. The summed E-state index contributed by atoms with van der Waals surface area (Å²) in [6.07, 6.45) is 0.801. The van der Waals surface area contributed by atoms with Crippen molar-refractivity contribution in [2.75, 3.05) is 33.1 Å². The molecule has 3 aliphatic rings. The summed E-state index contributed by atoms with van der Waals surface area (Å²) in [4.78, 5) is 42.1. The summed E-state index contributed by atoms with van der Waals surface area (Å²) in [7, 11) is 7.44. The summed E-state index contributed by atoms with van der Waals surface area (Å²) in [6, 6.07) is 1.87. The number of primary amides is 1. The molecule has 176 valence electrons. The third kappa shape index (κ3) is 3.47. The molecule has 3 atom stereocenters. The van der Waals surface area contributed by atoms with E-state index in [1.165, 1.54) is 0 Å². The van der Waals surface area contributed by atoms with Crippen molar-refractivity contribution in [2.24, 2.45) is 23.5 Å². The van der Waals surface area contributed by atoms with Crippen molar-refractivity contribution in [3.05, 3.63) is 45.4 Å². The number of rotatable bonds is 4. The number of nitrogens with zero attached hydrogens (tertiary/aromatic N) is 2. The largest absolute Gasteiger partial charge is 0.511 e. The average Bonchev–Trinajstić information content (AvgIpc) is 2.68. The van der Waals surface area contributed by atoms with Crippen LogP contribution in [0.1, 0.15) is 34.3 Å². The number of allylic oxidation sites excluding steroid dienone is 3. The Labute approximate surface area is 191 Å². The lowest BCUT2D eigenvalue weighted by atomic mass is 9.62. The van der Waals surface area contributed by atoms with E-state index in [-0.39, 0.29) is 40.7 Å². The summed E-state index contributed by atoms with van der Waals surface area (Å²) < 4.78 is 0. The molecule has 3 unspecified atom stereocenters. The molecule has 0 saturated heterocycles. The number of hydrogen-bond acceptors (Lipinski definition) is 8. The van der Waals surface area contributed by atoms with Crippen molar-refractivity contribution < 1.29 is 29.7 Å². The van der Waals surface area contributed by atoms with E-state index < -0.39 is 34.9 Å². The minimum Gasteiger partial charge on any atom is -0.511 e. The van der Waals surface area contributed by atoms with E-state index in [1.807, 2.05) is 44.1 Å². The quantitative estimate of drug-likeness (QED) is 0.501. The fourth-order valence-electron chi connectivity index (χ4n) is 5.60. The van der Waals surface area contributed by atoms with Gasteiger partial charge in [0.05, 0.1) is 11.5 Å². The summed E-state index contributed by atoms with van der Waals surface area (Å²) in [6.45, 7) is 0.414. The Balaban J connectivity index is 1.88. The second-order valence-corrected chi connectivity index (χ2v) is 9.65. The third-order valence-corrected chi connectivity index (χ3v) is 6.91. The molecule has 3 aliphatic carbocycles. The van der Waals surface area contributed by atoms with Gasteiger partial charge >= 0.3 is 0 Å². The van der Waals surface area contributed by atoms with Crippen LogP contribution in [0.5, 0.6) is 5.75 Å². The minimum absolute atomic E-state index is 0.0249. The average molecular weight is 456 g/mol. The Morgan fingerprint density at radius 3 is 2.36 bits per heavy atom. The number of hydrogen-bond donors (Lipinski definition) is 4. The molecule has 5 N–H and O–H groups in total. The van der Waals surface area contributed by atoms with E-state index in [1.54, 1.807) is 0 Å². The van der Waals surface area contributed by atoms with E-state index in [4.69, 9.17) is 5.73 Å². The maximum absolute atomic E-state index is 13.7. The lowest BCUT2D eigenvalue weighted by Crippen LogP contribution is -2.43. The van der Waals surface area contributed by atoms with E-state index >= 15 is 0 Å². The van der Waals surface area contributed by atoms with Gasteiger partial charge in [0.1, 0.15) is 22.8 Å². The second-order valence-electron chi connectivity index (χ2n) is 9.65. The molecule has 4 rings (SSSR count). The number of benzene rings is 1. The molecular weight excluding hydrogens is 426 g/mol. The highest BCUT2D eigenvalue weighted by atomic mass is 16.3. The molecule has 9 nitrogen and oxygen atoms in total. The normalized spacial score (nSPS) is 24.6. The summed E-state index contributed by atoms with van der Waals surface area (Å²) in [5, 5.41) is 32.4. The van der Waals surface area contributed by atoms with E-state index in [9.17, 15) is 29.7 Å². The number of amides is 1. The first kappa shape index (κ1) is 22.8. The molecular formula is C24H29N3O6. The Hall–Kier alpha value is -3.33. The molecule has 0 spiro atoms. The number of anilines is 1. The molecule has 1 amide bonds. The summed E-state index contributed by atoms with van der Waals surface area (Å²) in [5.74, 6) is -5.14. The molecule has 0 aromatic heterocycles. The topological polar surface area (TPSA) is 144 Å². The van der Waals surface area contributed by atoms with Gasteiger partial charge in [0.25, 0.3) is 5.91 Å². The van der Waals surface area contributed by atoms with Crippen LogP contribution in [0, 0.1) is 17.8 Å². The lowest BCUT2D eigenvalue weighted by Gasteiger charge is -2.41. The highest BCUT2D eigenvalue weighted by molar-refractivity contribution is 6.22. The zero-order valence-corrected chi connectivity index (χ0v) is 19.2. The number of nitrogens with two attached hydrogens (primary N) is 1. The van der Waals surface area contributed by atoms with E-state index in [0.29, 0.717) is 30.5 Å². The molecule has 0 bridgehead atoms. The first-order valence-electron chi connectivity index (χ1n) is 10.9. The van der Waals surface area contributed by atoms with Crippen LogP contribution >= 0.6 is 0 Å². The van der Waals surface area contributed by atoms with Crippen molar-refractivity contribution in [1.29, 1.82) is 0 Å². The zero-order valence-electron chi connectivity index (χ0n) is 19.2. The van der Waals surface area contributed by atoms with Crippen molar-refractivity contribution in [1.82, 2.24) is 4.90 Å². The van der Waals surface area contributed by atoms with Crippen molar-refractivity contribution >= 4 is 23.2 Å². The number of carbonyl (C=O) groups excluding carboxylic acids is 3. The van der Waals surface area contributed by atoms with Crippen LogP contribution in [-0.2, 0) is 22.6 Å². The molecule has 33 heavy (non-hydrogen) atoms. The number of fused-ring (bicyclic) bond motifs is 3. The summed E-state index contributed by atoms with van der Waals surface area (Å²) >= 11 is 0. The van der Waals surface area contributed by atoms with Gasteiger partial charge in [-0.05, 0) is 50.4 Å². The van der Waals surface area contributed by atoms with Gasteiger partial charge in [0.15, 0.2) is 11.6 Å². The predicted molar refractivity (Wildman–Crippen MR) is 121 cm³/mol. The molecule has 9 heteroatoms. The lowest BCUT2D eigenvalue weighted by molar-refractivity contribution is -0.126. The van der Waals surface area contributed by atoms with Crippen LogP contribution in [-0.4, -0.2) is 65.9 Å². The zero-order chi connectivity index (χ0) is 24.4. The summed E-state index contributed by atoms with van der Waals surface area (Å²) in [5.41, 5.74) is 7.10. The van der Waals surface area contributed by atoms with Crippen LogP contribution in [0.4, 0.5) is 5.69 Å². The van der Waals surface area contributed by atoms with Gasteiger partial charge in [-0.3, -0.25) is 14.4 Å². The van der Waals surface area contributed by atoms with Crippen LogP contribution < -0.4 is 10.6 Å². The monoisotopic (exact) mass is 455 g/mol. The maximum Gasteiger partial charge on any atom is 0.255 e. The van der Waals surface area contributed by atoms with Crippen LogP contribution in [0.2, 0.25) is 0 Å². The van der Waals surface area contributed by atoms with Crippen LogP contribution in [0.3, 0.4) is 0 Å². The number of aliphatic hydroxyl groups excluding tert-OH is 2. The third-order valence-electron chi connectivity index (χ3n) is 6.91. The number of carbonyl (C=O) groups is 3. The molecule has 0 radical (unpaired) electrons. The SMILES string of the molecule is CN(C)Cc1cc(N(C)C)c2c(c1O)C(=O)C1=C(O)C3C(=O)C(C(N)=O)=C(O)CC3CC1C2. The number of Topliss-reactive ketones (excluding diaryl/α,β-unsaturated/α-hetero) is 2. The smallest absolute Gasteiger partial charge is 0.255 e. The van der Waals surface area contributed by atoms with Gasteiger partial charge in [0.2, 0.25) is 0 Å². The second kappa shape index (κ2) is 7.91. The Morgan fingerprint density at radius 1 is 1.12 bits per heavy atom. The Kier molecular flexibility index (Phi) is 5.48. The molecule has 1 aromatic carbocycles. The fraction of sp³-hybridized carbons (Fsp3) is 0.458. The molecule has 1 aromatic rings. The van der Waals surface area contributed by atoms with Crippen LogP contribution in [0.15, 0.2) is 28.7 Å². The Bertz CT molecular complexity index is 1150. The fourth-order valence-corrected chi connectivity index (χ4v) is 5.60. The van der Waals surface area contributed by atoms with Gasteiger partial charge in [-0.1, -0.05) is 0 Å². The van der Waals surface area contributed by atoms with Gasteiger partial charge in [-0.25, -0.2) is 0 Å². The standard InChI is InChI=1S/C24H29N3O6/c1-26(2)9-12-7-14(27(3)4)13-6-10-5-11-8-15(28)19(24(25)33)23(32)17(11)21(30)16(10)22(31)18(13)20(12)29/h7,10-11,17,28-30H,5-6,8-9H2,1-4H3,(H2,25,33). The molecule has 0 fully saturated rings. The first-order chi connectivity index (χ1) is 15.4. The number of phenolic OH excluding ortho intramolecular Hbond substituents is 1.